The lowest BCUT2D eigenvalue weighted by atomic mass is 10.5. The first-order chi connectivity index (χ1) is 9.08. The maximum atomic E-state index is 5.50. The maximum Gasteiger partial charge on any atom is 0.322 e. The highest BCUT2D eigenvalue weighted by Gasteiger charge is 2.11. The van der Waals surface area contributed by atoms with Gasteiger partial charge < -0.3 is 14.6 Å². The van der Waals surface area contributed by atoms with Crippen LogP contribution < -0.4 is 10.1 Å². The third kappa shape index (κ3) is 3.57. The van der Waals surface area contributed by atoms with E-state index in [1.54, 1.807) is 13.2 Å². The average molecular weight is 280 g/mol. The van der Waals surface area contributed by atoms with E-state index in [4.69, 9.17) is 4.74 Å². The molecule has 0 atom stereocenters. The molecule has 102 valence electrons. The van der Waals surface area contributed by atoms with Crippen LogP contribution in [0.5, 0.6) is 6.01 Å². The Kier molecular flexibility index (Phi) is 4.20. The number of nitrogens with zero attached hydrogens (tertiary/aromatic N) is 5. The van der Waals surface area contributed by atoms with Gasteiger partial charge in [-0.15, -0.1) is 0 Å². The number of imidazole rings is 1. The van der Waals surface area contributed by atoms with Crippen LogP contribution in [0.4, 0.5) is 5.95 Å². The second kappa shape index (κ2) is 5.87. The molecular weight excluding hydrogens is 264 g/mol. The minimum absolute atomic E-state index is 0.0121. The maximum absolute atomic E-state index is 5.50. The monoisotopic (exact) mass is 280 g/mol. The lowest BCUT2D eigenvalue weighted by Crippen LogP contribution is -2.11. The molecule has 0 fully saturated rings. The summed E-state index contributed by atoms with van der Waals surface area (Å²) in [7, 11) is 3.67. The summed E-state index contributed by atoms with van der Waals surface area (Å²) in [6.07, 6.45) is 3.61. The van der Waals surface area contributed by atoms with Crippen LogP contribution in [-0.4, -0.2) is 37.7 Å². The fourth-order valence-electron chi connectivity index (χ4n) is 1.29. The zero-order chi connectivity index (χ0) is 13.8. The smallest absolute Gasteiger partial charge is 0.322 e. The molecule has 8 heteroatoms. The second-order valence-corrected chi connectivity index (χ2v) is 5.00. The van der Waals surface area contributed by atoms with Crippen molar-refractivity contribution in [3.05, 3.63) is 12.4 Å². The number of hydrogen-bond donors (Lipinski definition) is 1. The zero-order valence-electron chi connectivity index (χ0n) is 11.3. The molecule has 0 saturated heterocycles. The van der Waals surface area contributed by atoms with Gasteiger partial charge in [0.2, 0.25) is 11.1 Å². The van der Waals surface area contributed by atoms with Crippen LogP contribution in [0.25, 0.3) is 0 Å². The van der Waals surface area contributed by atoms with Gasteiger partial charge in [-0.25, -0.2) is 4.98 Å². The molecule has 0 saturated carbocycles. The van der Waals surface area contributed by atoms with Crippen LogP contribution in [-0.2, 0) is 7.05 Å². The Labute approximate surface area is 115 Å². The topological polar surface area (TPSA) is 77.8 Å². The number of ether oxygens (including phenoxy) is 1. The molecule has 0 bridgehead atoms. The number of hydrogen-bond acceptors (Lipinski definition) is 7. The van der Waals surface area contributed by atoms with Crippen molar-refractivity contribution < 1.29 is 4.74 Å². The van der Waals surface area contributed by atoms with Crippen molar-refractivity contribution in [2.24, 2.45) is 7.05 Å². The minimum atomic E-state index is 0.0121. The predicted octanol–water partition coefficient (Wildman–Crippen LogP) is 1.59. The van der Waals surface area contributed by atoms with E-state index in [0.29, 0.717) is 17.1 Å². The Morgan fingerprint density at radius 3 is 2.68 bits per heavy atom. The molecule has 0 unspecified atom stereocenters. The molecule has 1 N–H and O–H groups in total. The molecule has 0 aliphatic rings. The first kappa shape index (κ1) is 13.6. The van der Waals surface area contributed by atoms with E-state index in [2.05, 4.69) is 25.3 Å². The van der Waals surface area contributed by atoms with Gasteiger partial charge in [0.25, 0.3) is 0 Å². The van der Waals surface area contributed by atoms with Crippen LogP contribution in [0, 0.1) is 0 Å². The summed E-state index contributed by atoms with van der Waals surface area (Å²) in [6.45, 7) is 3.85. The lowest BCUT2D eigenvalue weighted by Gasteiger charge is -2.09. The van der Waals surface area contributed by atoms with Crippen molar-refractivity contribution >= 4 is 17.7 Å². The van der Waals surface area contributed by atoms with E-state index >= 15 is 0 Å². The number of nitrogens with one attached hydrogen (secondary N) is 1. The Bertz CT molecular complexity index is 556. The normalized spacial score (nSPS) is 10.8. The summed E-state index contributed by atoms with van der Waals surface area (Å²) in [6, 6.07) is 0.311. The van der Waals surface area contributed by atoms with E-state index in [9.17, 15) is 0 Å². The van der Waals surface area contributed by atoms with E-state index in [0.717, 1.165) is 5.16 Å². The molecule has 0 aliphatic heterocycles. The van der Waals surface area contributed by atoms with Gasteiger partial charge in [0.1, 0.15) is 0 Å². The van der Waals surface area contributed by atoms with Gasteiger partial charge in [0, 0.05) is 26.5 Å². The summed E-state index contributed by atoms with van der Waals surface area (Å²) in [5.74, 6) is 0.474. The fourth-order valence-corrected chi connectivity index (χ4v) is 2.03. The Morgan fingerprint density at radius 2 is 2.11 bits per heavy atom. The fraction of sp³-hybridized carbons (Fsp3) is 0.455. The van der Waals surface area contributed by atoms with Crippen LogP contribution in [0.3, 0.4) is 0 Å². The highest BCUT2D eigenvalue weighted by atomic mass is 32.2. The van der Waals surface area contributed by atoms with E-state index in [1.807, 2.05) is 31.7 Å². The van der Waals surface area contributed by atoms with Crippen LogP contribution in [0.1, 0.15) is 13.8 Å². The van der Waals surface area contributed by atoms with Gasteiger partial charge in [0.05, 0.1) is 6.10 Å². The van der Waals surface area contributed by atoms with Gasteiger partial charge >= 0.3 is 6.01 Å². The van der Waals surface area contributed by atoms with Crippen molar-refractivity contribution in [1.29, 1.82) is 0 Å². The highest BCUT2D eigenvalue weighted by molar-refractivity contribution is 7.99. The average Bonchev–Trinajstić information content (AvgIpc) is 2.74. The standard InChI is InChI=1S/C11H16N6OS/c1-7(2)18-9-14-8(12-3)15-10(16-9)19-11-13-5-6-17(11)4/h5-7H,1-4H3,(H,12,14,15,16). The summed E-state index contributed by atoms with van der Waals surface area (Å²) >= 11 is 1.36. The van der Waals surface area contributed by atoms with Crippen LogP contribution >= 0.6 is 11.8 Å². The summed E-state index contributed by atoms with van der Waals surface area (Å²) < 4.78 is 7.40. The molecule has 0 spiro atoms. The molecule has 7 nitrogen and oxygen atoms in total. The predicted molar refractivity (Wildman–Crippen MR) is 72.5 cm³/mol. The number of aromatic nitrogens is 5. The molecule has 0 aliphatic carbocycles. The number of anilines is 1. The largest absolute Gasteiger partial charge is 0.461 e. The van der Waals surface area contributed by atoms with Gasteiger partial charge in [0.15, 0.2) is 5.16 Å². The quantitative estimate of drug-likeness (QED) is 0.891. The van der Waals surface area contributed by atoms with E-state index in [-0.39, 0.29) is 6.10 Å². The van der Waals surface area contributed by atoms with Crippen molar-refractivity contribution in [2.75, 3.05) is 12.4 Å². The SMILES string of the molecule is CNc1nc(OC(C)C)nc(Sc2nccn2C)n1. The number of rotatable bonds is 5. The molecule has 19 heavy (non-hydrogen) atoms. The van der Waals surface area contributed by atoms with Gasteiger partial charge in [-0.1, -0.05) is 0 Å². The summed E-state index contributed by atoms with van der Waals surface area (Å²) in [5.41, 5.74) is 0. The van der Waals surface area contributed by atoms with Gasteiger partial charge in [-0.3, -0.25) is 0 Å². The molecular formula is C11H16N6OS. The Balaban J connectivity index is 2.26. The molecule has 2 rings (SSSR count). The molecule has 2 aromatic rings. The van der Waals surface area contributed by atoms with Crippen LogP contribution in [0.15, 0.2) is 22.7 Å². The minimum Gasteiger partial charge on any atom is -0.461 e. The Morgan fingerprint density at radius 1 is 1.32 bits per heavy atom. The van der Waals surface area contributed by atoms with Gasteiger partial charge in [-0.2, -0.15) is 15.0 Å². The zero-order valence-corrected chi connectivity index (χ0v) is 12.1. The van der Waals surface area contributed by atoms with Gasteiger partial charge in [-0.05, 0) is 25.6 Å². The van der Waals surface area contributed by atoms with E-state index in [1.165, 1.54) is 11.8 Å². The highest BCUT2D eigenvalue weighted by Crippen LogP contribution is 2.24. The second-order valence-electron chi connectivity index (χ2n) is 4.06. The summed E-state index contributed by atoms with van der Waals surface area (Å²) in [4.78, 5) is 16.9. The Hall–Kier alpha value is -1.83. The molecule has 0 radical (unpaired) electrons. The third-order valence-electron chi connectivity index (χ3n) is 2.12. The van der Waals surface area contributed by atoms with Crippen molar-refractivity contribution in [3.63, 3.8) is 0 Å². The number of aryl methyl sites for hydroxylation is 1. The molecule has 0 aromatic carbocycles. The van der Waals surface area contributed by atoms with Crippen LogP contribution in [0.2, 0.25) is 0 Å². The van der Waals surface area contributed by atoms with Crippen molar-refractivity contribution in [2.45, 2.75) is 30.3 Å². The third-order valence-corrected chi connectivity index (χ3v) is 3.06. The molecule has 2 aromatic heterocycles. The molecule has 2 heterocycles. The van der Waals surface area contributed by atoms with E-state index < -0.39 is 0 Å². The van der Waals surface area contributed by atoms with Crippen molar-refractivity contribution in [3.8, 4) is 6.01 Å². The first-order valence-electron chi connectivity index (χ1n) is 5.84. The first-order valence-corrected chi connectivity index (χ1v) is 6.66. The lowest BCUT2D eigenvalue weighted by molar-refractivity contribution is 0.219. The summed E-state index contributed by atoms with van der Waals surface area (Å²) in [5, 5.41) is 4.25. The van der Waals surface area contributed by atoms with Crippen molar-refractivity contribution in [1.82, 2.24) is 24.5 Å². The molecule has 0 amide bonds.